The van der Waals surface area contributed by atoms with Crippen LogP contribution in [0, 0.1) is 17.2 Å². The van der Waals surface area contributed by atoms with Crippen LogP contribution in [0.3, 0.4) is 0 Å². The van der Waals surface area contributed by atoms with Crippen LogP contribution in [0.5, 0.6) is 0 Å². The second-order valence-corrected chi connectivity index (χ2v) is 10.4. The highest BCUT2D eigenvalue weighted by atomic mass is 19.4. The van der Waals surface area contributed by atoms with Crippen LogP contribution in [0.2, 0.25) is 0 Å². The Morgan fingerprint density at radius 1 is 1.11 bits per heavy atom. The predicted octanol–water partition coefficient (Wildman–Crippen LogP) is 3.84. The first kappa shape index (κ1) is 27.6. The summed E-state index contributed by atoms with van der Waals surface area (Å²) in [6.07, 6.45) is -2.85. The number of likely N-dealkylation sites (tertiary alicyclic amines) is 1. The topological polar surface area (TPSA) is 100 Å². The number of alkyl halides is 3. The predicted molar refractivity (Wildman–Crippen MR) is 123 cm³/mol. The number of hydrogen-bond donors (Lipinski definition) is 2. The van der Waals surface area contributed by atoms with E-state index < -0.39 is 12.1 Å². The van der Waals surface area contributed by atoms with Gasteiger partial charge in [-0.2, -0.15) is 13.2 Å². The zero-order valence-corrected chi connectivity index (χ0v) is 20.5. The molecule has 0 aliphatic carbocycles. The molecule has 2 aromatic rings. The number of carboxylic acids is 1. The average molecular weight is 514 g/mol. The summed E-state index contributed by atoms with van der Waals surface area (Å²) in [5, 5.41) is 18.6. The first-order chi connectivity index (χ1) is 16.7. The number of rotatable bonds is 5. The molecule has 2 atom stereocenters. The fourth-order valence-corrected chi connectivity index (χ4v) is 4.36. The lowest BCUT2D eigenvalue weighted by molar-refractivity contribution is -0.192. The van der Waals surface area contributed by atoms with Crippen molar-refractivity contribution in [3.8, 4) is 0 Å². The van der Waals surface area contributed by atoms with Gasteiger partial charge < -0.3 is 19.9 Å². The molecule has 0 bridgehead atoms. The Labute approximate surface area is 206 Å². The SMILES string of the molecule is CC(C)(C)CCN1CC2CCn3c(C(=O)NCc4ccc(F)cc4)nnc3C2C1.O=C(O)C(F)(F)F. The van der Waals surface area contributed by atoms with E-state index in [1.54, 1.807) is 12.1 Å². The summed E-state index contributed by atoms with van der Waals surface area (Å²) in [5.41, 5.74) is 1.19. The molecule has 1 fully saturated rings. The number of amides is 1. The molecule has 1 aromatic heterocycles. The third-order valence-corrected chi connectivity index (χ3v) is 6.34. The normalized spacial score (nSPS) is 19.6. The Morgan fingerprint density at radius 2 is 1.75 bits per heavy atom. The smallest absolute Gasteiger partial charge is 0.475 e. The number of benzene rings is 1. The lowest BCUT2D eigenvalue weighted by Crippen LogP contribution is -2.30. The lowest BCUT2D eigenvalue weighted by atomic mass is 9.89. The second-order valence-electron chi connectivity index (χ2n) is 10.4. The van der Waals surface area contributed by atoms with Crippen molar-refractivity contribution < 1.29 is 32.3 Å². The van der Waals surface area contributed by atoms with Crippen molar-refractivity contribution >= 4 is 11.9 Å². The summed E-state index contributed by atoms with van der Waals surface area (Å²) in [6, 6.07) is 6.13. The number of nitrogens with zero attached hydrogens (tertiary/aromatic N) is 4. The highest BCUT2D eigenvalue weighted by Gasteiger charge is 2.41. The van der Waals surface area contributed by atoms with E-state index >= 15 is 0 Å². The quantitative estimate of drug-likeness (QED) is 0.590. The van der Waals surface area contributed by atoms with Crippen molar-refractivity contribution in [2.75, 3.05) is 19.6 Å². The van der Waals surface area contributed by atoms with Gasteiger partial charge >= 0.3 is 12.1 Å². The summed E-state index contributed by atoms with van der Waals surface area (Å²) in [7, 11) is 0. The van der Waals surface area contributed by atoms with Gasteiger partial charge in [-0.1, -0.05) is 32.9 Å². The number of nitrogens with one attached hydrogen (secondary N) is 1. The standard InChI is InChI=1S/C22H30FN5O.C2HF3O2/c1-22(2,3)9-11-27-13-16-8-10-28-19(18(16)14-27)25-26-20(28)21(29)24-12-15-4-6-17(23)7-5-15;3-2(4,5)1(6)7/h4-7,16,18H,8-14H2,1-3H3,(H,24,29);(H,6,7). The molecule has 2 aliphatic rings. The fourth-order valence-electron chi connectivity index (χ4n) is 4.36. The maximum Gasteiger partial charge on any atom is 0.490 e. The van der Waals surface area contributed by atoms with Crippen molar-refractivity contribution in [3.05, 3.63) is 47.3 Å². The molecule has 2 N–H and O–H groups in total. The van der Waals surface area contributed by atoms with Gasteiger partial charge in [0.2, 0.25) is 5.82 Å². The molecule has 1 amide bonds. The molecule has 198 valence electrons. The molecule has 2 unspecified atom stereocenters. The van der Waals surface area contributed by atoms with E-state index in [1.807, 2.05) is 4.57 Å². The van der Waals surface area contributed by atoms with Crippen LogP contribution in [0.25, 0.3) is 0 Å². The number of halogens is 4. The van der Waals surface area contributed by atoms with Crippen molar-refractivity contribution in [1.82, 2.24) is 25.0 Å². The molecular formula is C24H31F4N5O3. The van der Waals surface area contributed by atoms with Gasteiger partial charge in [-0.25, -0.2) is 9.18 Å². The molecule has 36 heavy (non-hydrogen) atoms. The summed E-state index contributed by atoms with van der Waals surface area (Å²) in [4.78, 5) is 24.1. The summed E-state index contributed by atoms with van der Waals surface area (Å²) < 4.78 is 46.8. The van der Waals surface area contributed by atoms with Crippen LogP contribution in [0.1, 0.15) is 61.5 Å². The van der Waals surface area contributed by atoms with Crippen LogP contribution >= 0.6 is 0 Å². The van der Waals surface area contributed by atoms with Crippen LogP contribution < -0.4 is 5.32 Å². The molecule has 3 heterocycles. The molecule has 0 saturated carbocycles. The first-order valence-corrected chi connectivity index (χ1v) is 11.7. The Kier molecular flexibility index (Phi) is 8.37. The molecule has 0 radical (unpaired) electrons. The summed E-state index contributed by atoms with van der Waals surface area (Å²) >= 11 is 0. The monoisotopic (exact) mass is 513 g/mol. The van der Waals surface area contributed by atoms with Gasteiger partial charge in [-0.05, 0) is 48.4 Å². The van der Waals surface area contributed by atoms with E-state index in [0.717, 1.165) is 44.0 Å². The Balaban J connectivity index is 0.000000454. The molecule has 8 nitrogen and oxygen atoms in total. The summed E-state index contributed by atoms with van der Waals surface area (Å²) in [6.45, 7) is 11.2. The Bertz CT molecular complexity index is 1060. The molecular weight excluding hydrogens is 482 g/mol. The van der Waals surface area contributed by atoms with Crippen molar-refractivity contribution in [2.24, 2.45) is 11.3 Å². The average Bonchev–Trinajstić information content (AvgIpc) is 3.40. The number of aliphatic carboxylic acids is 1. The van der Waals surface area contributed by atoms with E-state index in [0.29, 0.717) is 29.6 Å². The largest absolute Gasteiger partial charge is 0.490 e. The van der Waals surface area contributed by atoms with Gasteiger partial charge in [0.05, 0.1) is 0 Å². The van der Waals surface area contributed by atoms with Gasteiger partial charge in [0.25, 0.3) is 5.91 Å². The van der Waals surface area contributed by atoms with E-state index in [2.05, 4.69) is 41.2 Å². The van der Waals surface area contributed by atoms with E-state index in [-0.39, 0.29) is 11.7 Å². The van der Waals surface area contributed by atoms with Gasteiger partial charge in [-0.3, -0.25) is 4.79 Å². The van der Waals surface area contributed by atoms with Crippen LogP contribution in [0.15, 0.2) is 24.3 Å². The van der Waals surface area contributed by atoms with Crippen LogP contribution in [0.4, 0.5) is 17.6 Å². The number of aromatic nitrogens is 3. The minimum atomic E-state index is -5.08. The van der Waals surface area contributed by atoms with Crippen LogP contribution in [-0.2, 0) is 17.9 Å². The summed E-state index contributed by atoms with van der Waals surface area (Å²) in [5.74, 6) is -0.979. The molecule has 4 rings (SSSR count). The lowest BCUT2D eigenvalue weighted by Gasteiger charge is -2.25. The third kappa shape index (κ3) is 7.25. The second kappa shape index (κ2) is 10.9. The van der Waals surface area contributed by atoms with E-state index in [9.17, 15) is 22.4 Å². The minimum absolute atomic E-state index is 0.228. The minimum Gasteiger partial charge on any atom is -0.475 e. The molecule has 0 spiro atoms. The number of fused-ring (bicyclic) bond motifs is 3. The van der Waals surface area contributed by atoms with E-state index in [4.69, 9.17) is 9.90 Å². The van der Waals surface area contributed by atoms with Gasteiger partial charge in [-0.15, -0.1) is 10.2 Å². The molecule has 1 saturated heterocycles. The molecule has 12 heteroatoms. The zero-order valence-electron chi connectivity index (χ0n) is 20.5. The maximum atomic E-state index is 13.0. The van der Waals surface area contributed by atoms with Gasteiger partial charge in [0.1, 0.15) is 11.6 Å². The number of carboxylic acid groups (broad SMARTS) is 1. The Morgan fingerprint density at radius 3 is 2.33 bits per heavy atom. The number of carbonyl (C=O) groups excluding carboxylic acids is 1. The van der Waals surface area contributed by atoms with Crippen molar-refractivity contribution in [1.29, 1.82) is 0 Å². The number of carbonyl (C=O) groups is 2. The van der Waals surface area contributed by atoms with Crippen LogP contribution in [-0.4, -0.2) is 62.5 Å². The highest BCUT2D eigenvalue weighted by Crippen LogP contribution is 2.38. The molecule has 1 aromatic carbocycles. The Hall–Kier alpha value is -3.02. The van der Waals surface area contributed by atoms with Gasteiger partial charge in [0.15, 0.2) is 0 Å². The molecule has 2 aliphatic heterocycles. The first-order valence-electron chi connectivity index (χ1n) is 11.7. The fraction of sp³-hybridized carbons (Fsp3) is 0.583. The van der Waals surface area contributed by atoms with Crippen molar-refractivity contribution in [2.45, 2.75) is 58.8 Å². The third-order valence-electron chi connectivity index (χ3n) is 6.34. The maximum absolute atomic E-state index is 13.0. The number of hydrogen-bond acceptors (Lipinski definition) is 5. The van der Waals surface area contributed by atoms with E-state index in [1.165, 1.54) is 18.6 Å². The highest BCUT2D eigenvalue weighted by molar-refractivity contribution is 5.90. The zero-order chi connectivity index (χ0) is 26.7. The van der Waals surface area contributed by atoms with Gasteiger partial charge in [0, 0.05) is 32.1 Å². The van der Waals surface area contributed by atoms with Crippen molar-refractivity contribution in [3.63, 3.8) is 0 Å².